The zero-order valence-corrected chi connectivity index (χ0v) is 7.45. The molecule has 2 N–H and O–H groups in total. The highest BCUT2D eigenvalue weighted by Gasteiger charge is 2.34. The molecule has 0 heterocycles. The molecule has 14 heavy (non-hydrogen) atoms. The first-order valence-electron chi connectivity index (χ1n) is 3.92. The van der Waals surface area contributed by atoms with E-state index in [9.17, 15) is 17.6 Å². The molecule has 1 nitrogen and oxygen atoms in total. The van der Waals surface area contributed by atoms with Crippen LogP contribution in [-0.2, 0) is 12.7 Å². The standard InChI is InChI=1S/C9H9F4N/c1-5-2-6(4-14)3-7(8(5)10)9(11,12)13/h2-3H,4,14H2,1H3. The van der Waals surface area contributed by atoms with Crippen LogP contribution in [0.4, 0.5) is 17.6 Å². The van der Waals surface area contributed by atoms with E-state index in [0.717, 1.165) is 6.07 Å². The molecule has 0 atom stereocenters. The third-order valence-corrected chi connectivity index (χ3v) is 1.86. The minimum atomic E-state index is -4.67. The highest BCUT2D eigenvalue weighted by molar-refractivity contribution is 5.32. The van der Waals surface area contributed by atoms with Gasteiger partial charge in [-0.05, 0) is 24.1 Å². The summed E-state index contributed by atoms with van der Waals surface area (Å²) < 4.78 is 49.8. The molecule has 0 amide bonds. The summed E-state index contributed by atoms with van der Waals surface area (Å²) in [5, 5.41) is 0. The van der Waals surface area contributed by atoms with E-state index < -0.39 is 17.6 Å². The molecule has 5 heteroatoms. The second-order valence-corrected chi connectivity index (χ2v) is 2.98. The van der Waals surface area contributed by atoms with E-state index in [-0.39, 0.29) is 17.7 Å². The van der Waals surface area contributed by atoms with E-state index in [1.807, 2.05) is 0 Å². The van der Waals surface area contributed by atoms with Gasteiger partial charge in [0, 0.05) is 6.54 Å². The second kappa shape index (κ2) is 3.57. The van der Waals surface area contributed by atoms with Crippen molar-refractivity contribution in [3.05, 3.63) is 34.6 Å². The Morgan fingerprint density at radius 1 is 1.29 bits per heavy atom. The SMILES string of the molecule is Cc1cc(CN)cc(C(F)(F)F)c1F. The van der Waals surface area contributed by atoms with E-state index in [4.69, 9.17) is 5.73 Å². The molecule has 1 aromatic carbocycles. The van der Waals surface area contributed by atoms with Gasteiger partial charge in [0.15, 0.2) is 0 Å². The van der Waals surface area contributed by atoms with Crippen molar-refractivity contribution in [3.63, 3.8) is 0 Å². The lowest BCUT2D eigenvalue weighted by molar-refractivity contribution is -0.140. The van der Waals surface area contributed by atoms with Gasteiger partial charge in [-0.15, -0.1) is 0 Å². The van der Waals surface area contributed by atoms with Crippen LogP contribution in [0, 0.1) is 12.7 Å². The van der Waals surface area contributed by atoms with Crippen molar-refractivity contribution >= 4 is 0 Å². The third-order valence-electron chi connectivity index (χ3n) is 1.86. The number of alkyl halides is 3. The largest absolute Gasteiger partial charge is 0.419 e. The van der Waals surface area contributed by atoms with Crippen LogP contribution in [0.15, 0.2) is 12.1 Å². The lowest BCUT2D eigenvalue weighted by Crippen LogP contribution is -2.11. The number of rotatable bonds is 1. The highest BCUT2D eigenvalue weighted by atomic mass is 19.4. The molecule has 0 aliphatic carbocycles. The van der Waals surface area contributed by atoms with Crippen LogP contribution in [0.3, 0.4) is 0 Å². The van der Waals surface area contributed by atoms with Crippen molar-refractivity contribution in [1.29, 1.82) is 0 Å². The average molecular weight is 207 g/mol. The van der Waals surface area contributed by atoms with Crippen molar-refractivity contribution < 1.29 is 17.6 Å². The average Bonchev–Trinajstić information content (AvgIpc) is 2.07. The highest BCUT2D eigenvalue weighted by Crippen LogP contribution is 2.33. The molecule has 0 spiro atoms. The fourth-order valence-corrected chi connectivity index (χ4v) is 1.17. The molecule has 0 unspecified atom stereocenters. The van der Waals surface area contributed by atoms with Crippen molar-refractivity contribution in [2.75, 3.05) is 0 Å². The molecular formula is C9H9F4N. The Hall–Kier alpha value is -1.10. The van der Waals surface area contributed by atoms with Crippen LogP contribution in [0.25, 0.3) is 0 Å². The number of hydrogen-bond donors (Lipinski definition) is 1. The van der Waals surface area contributed by atoms with Crippen LogP contribution in [0.5, 0.6) is 0 Å². The van der Waals surface area contributed by atoms with Gasteiger partial charge in [0.25, 0.3) is 0 Å². The Labute approximate surface area is 78.5 Å². The number of nitrogens with two attached hydrogens (primary N) is 1. The fourth-order valence-electron chi connectivity index (χ4n) is 1.17. The zero-order valence-electron chi connectivity index (χ0n) is 7.45. The van der Waals surface area contributed by atoms with Gasteiger partial charge < -0.3 is 5.73 Å². The van der Waals surface area contributed by atoms with Gasteiger partial charge >= 0.3 is 6.18 Å². The first-order valence-corrected chi connectivity index (χ1v) is 3.92. The number of aryl methyl sites for hydroxylation is 1. The van der Waals surface area contributed by atoms with Gasteiger partial charge in [0.1, 0.15) is 5.82 Å². The Morgan fingerprint density at radius 3 is 2.29 bits per heavy atom. The summed E-state index contributed by atoms with van der Waals surface area (Å²) in [4.78, 5) is 0. The normalized spacial score (nSPS) is 11.9. The molecule has 1 aromatic rings. The van der Waals surface area contributed by atoms with Crippen LogP contribution in [0.2, 0.25) is 0 Å². The lowest BCUT2D eigenvalue weighted by atomic mass is 10.1. The molecule has 0 aliphatic heterocycles. The van der Waals surface area contributed by atoms with E-state index in [0.29, 0.717) is 0 Å². The van der Waals surface area contributed by atoms with Crippen LogP contribution in [0.1, 0.15) is 16.7 Å². The zero-order chi connectivity index (χ0) is 10.9. The van der Waals surface area contributed by atoms with Crippen LogP contribution < -0.4 is 5.73 Å². The summed E-state index contributed by atoms with van der Waals surface area (Å²) in [6, 6.07) is 2.05. The maximum absolute atomic E-state index is 13.1. The van der Waals surface area contributed by atoms with E-state index in [1.165, 1.54) is 13.0 Å². The van der Waals surface area contributed by atoms with Crippen LogP contribution in [-0.4, -0.2) is 0 Å². The van der Waals surface area contributed by atoms with Gasteiger partial charge in [-0.25, -0.2) is 4.39 Å². The lowest BCUT2D eigenvalue weighted by Gasteiger charge is -2.11. The summed E-state index contributed by atoms with van der Waals surface area (Å²) in [5.74, 6) is -1.23. The van der Waals surface area contributed by atoms with Gasteiger partial charge in [-0.1, -0.05) is 6.07 Å². The number of benzene rings is 1. The van der Waals surface area contributed by atoms with Crippen molar-refractivity contribution in [3.8, 4) is 0 Å². The quantitative estimate of drug-likeness (QED) is 0.704. The second-order valence-electron chi connectivity index (χ2n) is 2.98. The molecule has 0 aromatic heterocycles. The van der Waals surface area contributed by atoms with Crippen molar-refractivity contribution in [1.82, 2.24) is 0 Å². The number of hydrogen-bond acceptors (Lipinski definition) is 1. The molecule has 1 rings (SSSR count). The third kappa shape index (κ3) is 2.04. The molecule has 0 saturated carbocycles. The predicted octanol–water partition coefficient (Wildman–Crippen LogP) is 2.61. The van der Waals surface area contributed by atoms with Gasteiger partial charge in [-0.3, -0.25) is 0 Å². The molecule has 78 valence electrons. The minimum Gasteiger partial charge on any atom is -0.326 e. The first-order chi connectivity index (χ1) is 6.36. The van der Waals surface area contributed by atoms with Crippen LogP contribution >= 0.6 is 0 Å². The summed E-state index contributed by atoms with van der Waals surface area (Å²) in [7, 11) is 0. The summed E-state index contributed by atoms with van der Waals surface area (Å²) >= 11 is 0. The molecule has 0 bridgehead atoms. The van der Waals surface area contributed by atoms with E-state index in [1.54, 1.807) is 0 Å². The number of halogens is 4. The molecular weight excluding hydrogens is 198 g/mol. The Balaban J connectivity index is 3.35. The molecule has 0 radical (unpaired) electrons. The summed E-state index contributed by atoms with van der Waals surface area (Å²) in [6.45, 7) is 1.24. The van der Waals surface area contributed by atoms with Gasteiger partial charge in [0.2, 0.25) is 0 Å². The summed E-state index contributed by atoms with van der Waals surface area (Å²) in [5.41, 5.74) is 4.17. The maximum atomic E-state index is 13.1. The van der Waals surface area contributed by atoms with Gasteiger partial charge in [0.05, 0.1) is 5.56 Å². The topological polar surface area (TPSA) is 26.0 Å². The minimum absolute atomic E-state index is 0.0375. The maximum Gasteiger partial charge on any atom is 0.419 e. The Kier molecular flexibility index (Phi) is 2.80. The molecule has 0 saturated heterocycles. The van der Waals surface area contributed by atoms with Gasteiger partial charge in [-0.2, -0.15) is 13.2 Å². The smallest absolute Gasteiger partial charge is 0.326 e. The molecule has 0 aliphatic rings. The predicted molar refractivity (Wildman–Crippen MR) is 44.0 cm³/mol. The van der Waals surface area contributed by atoms with E-state index >= 15 is 0 Å². The Morgan fingerprint density at radius 2 is 1.86 bits per heavy atom. The Bertz CT molecular complexity index is 343. The van der Waals surface area contributed by atoms with Crippen molar-refractivity contribution in [2.45, 2.75) is 19.6 Å². The van der Waals surface area contributed by atoms with Crippen molar-refractivity contribution in [2.24, 2.45) is 5.73 Å². The first kappa shape index (κ1) is 11.0. The van der Waals surface area contributed by atoms with E-state index in [2.05, 4.69) is 0 Å². The summed E-state index contributed by atoms with van der Waals surface area (Å²) in [6.07, 6.45) is -4.67. The monoisotopic (exact) mass is 207 g/mol. The fraction of sp³-hybridized carbons (Fsp3) is 0.333. The molecule has 0 fully saturated rings.